The zero-order valence-corrected chi connectivity index (χ0v) is 18.4. The van der Waals surface area contributed by atoms with Gasteiger partial charge in [0.15, 0.2) is 11.5 Å². The van der Waals surface area contributed by atoms with Crippen molar-refractivity contribution in [3.8, 4) is 28.4 Å². The van der Waals surface area contributed by atoms with E-state index in [1.165, 1.54) is 0 Å². The van der Waals surface area contributed by atoms with Gasteiger partial charge >= 0.3 is 0 Å². The van der Waals surface area contributed by atoms with Crippen LogP contribution in [0.3, 0.4) is 0 Å². The van der Waals surface area contributed by atoms with Gasteiger partial charge in [-0.25, -0.2) is 0 Å². The average molecular weight is 444 g/mol. The smallest absolute Gasteiger partial charge is 0.227 e. The number of fused-ring (bicyclic) bond motifs is 1. The van der Waals surface area contributed by atoms with E-state index in [2.05, 4.69) is 0 Å². The number of halogens is 1. The molecule has 0 saturated carbocycles. The maximum atomic E-state index is 12.9. The van der Waals surface area contributed by atoms with Crippen molar-refractivity contribution < 1.29 is 19.0 Å². The monoisotopic (exact) mass is 443 g/mol. The number of benzene rings is 2. The number of carbonyl (C=O) groups excluding carboxylic acids is 1. The summed E-state index contributed by atoms with van der Waals surface area (Å²) in [5, 5.41) is 4.61. The topological polar surface area (TPSA) is 48.0 Å². The molecule has 1 amide bonds. The Hall–Kier alpha value is -2.70. The number of nitrogens with zero attached hydrogens (tertiary/aromatic N) is 1. The van der Waals surface area contributed by atoms with Gasteiger partial charge < -0.3 is 19.1 Å². The molecule has 2 heterocycles. The molecule has 2 aromatic carbocycles. The second-order valence-electron chi connectivity index (χ2n) is 6.98. The second kappa shape index (κ2) is 8.98. The van der Waals surface area contributed by atoms with Gasteiger partial charge in [-0.05, 0) is 58.3 Å². The fourth-order valence-corrected chi connectivity index (χ4v) is 4.43. The van der Waals surface area contributed by atoms with Crippen LogP contribution in [-0.4, -0.2) is 38.2 Å². The lowest BCUT2D eigenvalue weighted by atomic mass is 10.00. The standard InChI is InChI=1S/C23H22ClNO4S/c1-27-20-4-3-18(24)12-19(20)16-10-17-13-25(22(26)9-15-5-8-30-14-15)6-7-29-23(17)21(11-16)28-2/h3-5,8,10-12,14H,6-7,9,13H2,1-2H3. The maximum absolute atomic E-state index is 12.9. The molecule has 0 atom stereocenters. The summed E-state index contributed by atoms with van der Waals surface area (Å²) in [7, 11) is 3.24. The quantitative estimate of drug-likeness (QED) is 0.553. The minimum Gasteiger partial charge on any atom is -0.496 e. The van der Waals surface area contributed by atoms with Crippen molar-refractivity contribution in [1.29, 1.82) is 0 Å². The molecule has 0 aliphatic carbocycles. The SMILES string of the molecule is COc1ccc(Cl)cc1-c1cc2c(c(OC)c1)OCCN(C(=O)Cc1ccsc1)C2. The molecule has 0 saturated heterocycles. The van der Waals surface area contributed by atoms with E-state index in [1.807, 2.05) is 46.0 Å². The van der Waals surface area contributed by atoms with Crippen molar-refractivity contribution in [3.05, 3.63) is 63.3 Å². The summed E-state index contributed by atoms with van der Waals surface area (Å²) < 4.78 is 17.1. The molecule has 156 valence electrons. The predicted octanol–water partition coefficient (Wildman–Crippen LogP) is 5.05. The summed E-state index contributed by atoms with van der Waals surface area (Å²) in [5.41, 5.74) is 3.67. The van der Waals surface area contributed by atoms with E-state index in [9.17, 15) is 4.79 Å². The summed E-state index contributed by atoms with van der Waals surface area (Å²) in [4.78, 5) is 14.7. The van der Waals surface area contributed by atoms with Crippen LogP contribution in [0.25, 0.3) is 11.1 Å². The summed E-state index contributed by atoms with van der Waals surface area (Å²) in [6, 6.07) is 11.4. The van der Waals surface area contributed by atoms with Gasteiger partial charge in [0.1, 0.15) is 12.4 Å². The average Bonchev–Trinajstić information content (AvgIpc) is 3.16. The number of hydrogen-bond acceptors (Lipinski definition) is 5. The Kier molecular flexibility index (Phi) is 6.16. The fraction of sp³-hybridized carbons (Fsp3) is 0.261. The fourth-order valence-electron chi connectivity index (χ4n) is 3.59. The van der Waals surface area contributed by atoms with Gasteiger partial charge in [0.05, 0.1) is 27.2 Å². The third-order valence-electron chi connectivity index (χ3n) is 5.08. The second-order valence-corrected chi connectivity index (χ2v) is 8.20. The van der Waals surface area contributed by atoms with E-state index in [0.717, 1.165) is 22.3 Å². The first-order valence-corrected chi connectivity index (χ1v) is 10.9. The van der Waals surface area contributed by atoms with Crippen LogP contribution in [-0.2, 0) is 17.8 Å². The molecule has 1 aliphatic heterocycles. The third-order valence-corrected chi connectivity index (χ3v) is 6.05. The van der Waals surface area contributed by atoms with E-state index in [-0.39, 0.29) is 5.91 Å². The molecule has 3 aromatic rings. The van der Waals surface area contributed by atoms with Crippen LogP contribution in [0.15, 0.2) is 47.2 Å². The van der Waals surface area contributed by atoms with Gasteiger partial charge in [-0.2, -0.15) is 11.3 Å². The van der Waals surface area contributed by atoms with E-state index in [1.54, 1.807) is 31.6 Å². The number of methoxy groups -OCH3 is 2. The molecule has 0 fully saturated rings. The van der Waals surface area contributed by atoms with Crippen molar-refractivity contribution in [2.45, 2.75) is 13.0 Å². The molecular formula is C23H22ClNO4S. The maximum Gasteiger partial charge on any atom is 0.227 e. The molecule has 5 nitrogen and oxygen atoms in total. The van der Waals surface area contributed by atoms with E-state index < -0.39 is 0 Å². The van der Waals surface area contributed by atoms with Crippen molar-refractivity contribution in [3.63, 3.8) is 0 Å². The lowest BCUT2D eigenvalue weighted by molar-refractivity contribution is -0.131. The summed E-state index contributed by atoms with van der Waals surface area (Å²) in [6.45, 7) is 1.39. The van der Waals surface area contributed by atoms with Crippen LogP contribution in [0.4, 0.5) is 0 Å². The Balaban J connectivity index is 1.71. The molecule has 0 radical (unpaired) electrons. The molecule has 0 N–H and O–H groups in total. The molecule has 0 unspecified atom stereocenters. The lowest BCUT2D eigenvalue weighted by Gasteiger charge is -2.20. The zero-order chi connectivity index (χ0) is 21.1. The normalized spacial score (nSPS) is 13.2. The van der Waals surface area contributed by atoms with Crippen LogP contribution < -0.4 is 14.2 Å². The molecule has 0 spiro atoms. The molecule has 4 rings (SSSR count). The first-order chi connectivity index (χ1) is 14.6. The highest BCUT2D eigenvalue weighted by Gasteiger charge is 2.24. The first-order valence-electron chi connectivity index (χ1n) is 9.55. The van der Waals surface area contributed by atoms with Gasteiger partial charge in [0.2, 0.25) is 5.91 Å². The number of thiophene rings is 1. The third kappa shape index (κ3) is 4.25. The van der Waals surface area contributed by atoms with Gasteiger partial charge in [0, 0.05) is 22.7 Å². The molecule has 0 bridgehead atoms. The zero-order valence-electron chi connectivity index (χ0n) is 16.8. The molecular weight excluding hydrogens is 422 g/mol. The van der Waals surface area contributed by atoms with Gasteiger partial charge in [0.25, 0.3) is 0 Å². The number of rotatable bonds is 5. The Labute approximate surface area is 184 Å². The highest BCUT2D eigenvalue weighted by atomic mass is 35.5. The largest absolute Gasteiger partial charge is 0.496 e. The highest BCUT2D eigenvalue weighted by molar-refractivity contribution is 7.08. The summed E-state index contributed by atoms with van der Waals surface area (Å²) in [5.74, 6) is 2.08. The number of carbonyl (C=O) groups is 1. The Morgan fingerprint density at radius 3 is 2.73 bits per heavy atom. The van der Waals surface area contributed by atoms with Crippen molar-refractivity contribution in [2.24, 2.45) is 0 Å². The van der Waals surface area contributed by atoms with E-state index >= 15 is 0 Å². The lowest BCUT2D eigenvalue weighted by Crippen LogP contribution is -2.33. The Morgan fingerprint density at radius 1 is 1.17 bits per heavy atom. The van der Waals surface area contributed by atoms with E-state index in [4.69, 9.17) is 25.8 Å². The van der Waals surface area contributed by atoms with Crippen LogP contribution in [0.1, 0.15) is 11.1 Å². The van der Waals surface area contributed by atoms with Crippen LogP contribution in [0.2, 0.25) is 5.02 Å². The van der Waals surface area contributed by atoms with Crippen molar-refractivity contribution in [1.82, 2.24) is 4.90 Å². The minimum atomic E-state index is 0.0783. The molecule has 1 aliphatic rings. The number of hydrogen-bond donors (Lipinski definition) is 0. The van der Waals surface area contributed by atoms with Crippen LogP contribution >= 0.6 is 22.9 Å². The number of amides is 1. The van der Waals surface area contributed by atoms with Crippen LogP contribution in [0, 0.1) is 0 Å². The van der Waals surface area contributed by atoms with Gasteiger partial charge in [-0.15, -0.1) is 0 Å². The molecule has 30 heavy (non-hydrogen) atoms. The summed E-state index contributed by atoms with van der Waals surface area (Å²) >= 11 is 7.83. The Bertz CT molecular complexity index is 1050. The van der Waals surface area contributed by atoms with Crippen molar-refractivity contribution in [2.75, 3.05) is 27.4 Å². The summed E-state index contributed by atoms with van der Waals surface area (Å²) in [6.07, 6.45) is 0.387. The highest BCUT2D eigenvalue weighted by Crippen LogP contribution is 2.41. The Morgan fingerprint density at radius 2 is 2.00 bits per heavy atom. The van der Waals surface area contributed by atoms with Crippen molar-refractivity contribution >= 4 is 28.8 Å². The predicted molar refractivity (Wildman–Crippen MR) is 119 cm³/mol. The van der Waals surface area contributed by atoms with Gasteiger partial charge in [-0.3, -0.25) is 4.79 Å². The minimum absolute atomic E-state index is 0.0783. The molecule has 7 heteroatoms. The molecule has 1 aromatic heterocycles. The van der Waals surface area contributed by atoms with Crippen LogP contribution in [0.5, 0.6) is 17.2 Å². The van der Waals surface area contributed by atoms with E-state index in [0.29, 0.717) is 48.4 Å². The van der Waals surface area contributed by atoms with Gasteiger partial charge in [-0.1, -0.05) is 11.6 Å². The first kappa shape index (κ1) is 20.6. The number of ether oxygens (including phenoxy) is 3.